The molecule has 7 heteroatoms. The number of aromatic hydroxyl groups is 1. The van der Waals surface area contributed by atoms with Crippen LogP contribution in [0.15, 0.2) is 54.6 Å². The quantitative estimate of drug-likeness (QED) is 0.592. The van der Waals surface area contributed by atoms with Crippen LogP contribution in [0.5, 0.6) is 5.75 Å². The first-order chi connectivity index (χ1) is 16.0. The highest BCUT2D eigenvalue weighted by molar-refractivity contribution is 5.98. The van der Waals surface area contributed by atoms with Gasteiger partial charge in [0.15, 0.2) is 5.82 Å². The SMILES string of the molecule is CC(C)N1Cc2c(Nc3ccc(-c4ccc(O)cc4)cc3)nc(C3=CCOCC3)nc2C1=O. The Morgan fingerprint density at radius 2 is 1.73 bits per heavy atom. The van der Waals surface area contributed by atoms with Crippen LogP contribution in [0.3, 0.4) is 0 Å². The third-order valence-corrected chi connectivity index (χ3v) is 6.02. The van der Waals surface area contributed by atoms with E-state index in [-0.39, 0.29) is 17.7 Å². The van der Waals surface area contributed by atoms with Gasteiger partial charge in [-0.15, -0.1) is 0 Å². The number of phenols is 1. The van der Waals surface area contributed by atoms with E-state index in [0.29, 0.717) is 37.1 Å². The zero-order chi connectivity index (χ0) is 22.9. The molecule has 2 N–H and O–H groups in total. The molecule has 2 aliphatic rings. The van der Waals surface area contributed by atoms with Crippen LogP contribution >= 0.6 is 0 Å². The molecule has 0 atom stereocenters. The highest BCUT2D eigenvalue weighted by Crippen LogP contribution is 2.33. The highest BCUT2D eigenvalue weighted by atomic mass is 16.5. The van der Waals surface area contributed by atoms with E-state index < -0.39 is 0 Å². The van der Waals surface area contributed by atoms with Crippen molar-refractivity contribution in [1.29, 1.82) is 0 Å². The number of rotatable bonds is 5. The van der Waals surface area contributed by atoms with Crippen LogP contribution in [0.4, 0.5) is 11.5 Å². The molecular weight excluding hydrogens is 416 g/mol. The van der Waals surface area contributed by atoms with Crippen LogP contribution in [-0.2, 0) is 11.3 Å². The second kappa shape index (κ2) is 8.67. The molecule has 7 nitrogen and oxygen atoms in total. The number of phenolic OH excluding ortho intramolecular Hbond substituents is 1. The number of hydrogen-bond acceptors (Lipinski definition) is 6. The summed E-state index contributed by atoms with van der Waals surface area (Å²) in [5.41, 5.74) is 5.25. The van der Waals surface area contributed by atoms with E-state index in [1.807, 2.05) is 61.2 Å². The van der Waals surface area contributed by atoms with Crippen molar-refractivity contribution in [2.24, 2.45) is 0 Å². The van der Waals surface area contributed by atoms with Gasteiger partial charge >= 0.3 is 0 Å². The fraction of sp³-hybridized carbons (Fsp3) is 0.269. The largest absolute Gasteiger partial charge is 0.508 e. The number of benzene rings is 2. The molecule has 33 heavy (non-hydrogen) atoms. The molecule has 1 amide bonds. The Kier molecular flexibility index (Phi) is 5.56. The number of nitrogens with one attached hydrogen (secondary N) is 1. The van der Waals surface area contributed by atoms with E-state index in [9.17, 15) is 9.90 Å². The van der Waals surface area contributed by atoms with E-state index in [1.165, 1.54) is 0 Å². The Morgan fingerprint density at radius 1 is 1.03 bits per heavy atom. The van der Waals surface area contributed by atoms with Crippen molar-refractivity contribution in [1.82, 2.24) is 14.9 Å². The smallest absolute Gasteiger partial charge is 0.273 e. The maximum Gasteiger partial charge on any atom is 0.273 e. The van der Waals surface area contributed by atoms with Gasteiger partial charge in [0.05, 0.1) is 19.8 Å². The number of amides is 1. The third kappa shape index (κ3) is 4.19. The molecule has 2 aliphatic heterocycles. The molecule has 3 heterocycles. The monoisotopic (exact) mass is 442 g/mol. The molecule has 5 rings (SSSR count). The maximum atomic E-state index is 13.0. The third-order valence-electron chi connectivity index (χ3n) is 6.02. The van der Waals surface area contributed by atoms with Gasteiger partial charge in [-0.1, -0.05) is 30.3 Å². The fourth-order valence-corrected chi connectivity index (χ4v) is 4.12. The molecule has 1 aromatic heterocycles. The molecular formula is C26H26N4O3. The zero-order valence-electron chi connectivity index (χ0n) is 18.7. The highest BCUT2D eigenvalue weighted by Gasteiger charge is 2.34. The molecule has 0 aliphatic carbocycles. The van der Waals surface area contributed by atoms with Gasteiger partial charge in [-0.3, -0.25) is 4.79 Å². The Hall–Kier alpha value is -3.71. The molecule has 0 radical (unpaired) electrons. The maximum absolute atomic E-state index is 13.0. The lowest BCUT2D eigenvalue weighted by atomic mass is 10.1. The van der Waals surface area contributed by atoms with Gasteiger partial charge in [-0.05, 0) is 61.2 Å². The number of hydrogen-bond donors (Lipinski definition) is 2. The number of aromatic nitrogens is 2. The number of fused-ring (bicyclic) bond motifs is 1. The topological polar surface area (TPSA) is 87.6 Å². The first kappa shape index (κ1) is 21.2. The van der Waals surface area contributed by atoms with Crippen molar-refractivity contribution >= 4 is 23.0 Å². The Balaban J connectivity index is 1.49. The van der Waals surface area contributed by atoms with Gasteiger partial charge in [0.2, 0.25) is 0 Å². The van der Waals surface area contributed by atoms with Crippen molar-refractivity contribution in [2.75, 3.05) is 18.5 Å². The van der Waals surface area contributed by atoms with Crippen LogP contribution in [0, 0.1) is 0 Å². The van der Waals surface area contributed by atoms with Gasteiger partial charge in [0, 0.05) is 17.3 Å². The van der Waals surface area contributed by atoms with E-state index in [0.717, 1.165) is 34.4 Å². The Bertz CT molecular complexity index is 1220. The molecule has 2 aromatic carbocycles. The second-order valence-electron chi connectivity index (χ2n) is 8.55. The summed E-state index contributed by atoms with van der Waals surface area (Å²) in [5, 5.41) is 12.9. The summed E-state index contributed by atoms with van der Waals surface area (Å²) in [6, 6.07) is 15.2. The fourth-order valence-electron chi connectivity index (χ4n) is 4.12. The minimum absolute atomic E-state index is 0.0537. The summed E-state index contributed by atoms with van der Waals surface area (Å²) in [5.74, 6) is 1.44. The van der Waals surface area contributed by atoms with Crippen molar-refractivity contribution in [3.05, 3.63) is 71.7 Å². The minimum atomic E-state index is -0.0537. The summed E-state index contributed by atoms with van der Waals surface area (Å²) in [6.07, 6.45) is 2.71. The molecule has 0 unspecified atom stereocenters. The lowest BCUT2D eigenvalue weighted by Gasteiger charge is -2.19. The Labute approximate surface area is 192 Å². The van der Waals surface area contributed by atoms with E-state index in [1.54, 1.807) is 12.1 Å². The van der Waals surface area contributed by atoms with E-state index in [4.69, 9.17) is 9.72 Å². The minimum Gasteiger partial charge on any atom is -0.508 e. The van der Waals surface area contributed by atoms with Gasteiger partial charge < -0.3 is 20.1 Å². The molecule has 0 spiro atoms. The number of anilines is 2. The van der Waals surface area contributed by atoms with E-state index >= 15 is 0 Å². The second-order valence-corrected chi connectivity index (χ2v) is 8.55. The van der Waals surface area contributed by atoms with Gasteiger partial charge in [-0.2, -0.15) is 0 Å². The van der Waals surface area contributed by atoms with Crippen LogP contribution in [0.25, 0.3) is 16.7 Å². The lowest BCUT2D eigenvalue weighted by molar-refractivity contribution is 0.0726. The standard InChI is InChI=1S/C26H26N4O3/c1-16(2)30-15-22-23(26(30)32)28-24(19-11-13-33-14-12-19)29-25(22)27-20-7-3-17(4-8-20)18-5-9-21(31)10-6-18/h3-11,16,31H,12-15H2,1-2H3,(H,27,28,29). The van der Waals surface area contributed by atoms with Crippen molar-refractivity contribution < 1.29 is 14.6 Å². The van der Waals surface area contributed by atoms with Crippen molar-refractivity contribution in [3.8, 4) is 16.9 Å². The molecule has 0 bridgehead atoms. The van der Waals surface area contributed by atoms with Gasteiger partial charge in [0.25, 0.3) is 5.91 Å². The van der Waals surface area contributed by atoms with Crippen molar-refractivity contribution in [2.45, 2.75) is 32.9 Å². The van der Waals surface area contributed by atoms with Gasteiger partial charge in [0.1, 0.15) is 17.3 Å². The predicted octanol–water partition coefficient (Wildman–Crippen LogP) is 4.76. The average Bonchev–Trinajstić information content (AvgIpc) is 3.18. The summed E-state index contributed by atoms with van der Waals surface area (Å²) in [4.78, 5) is 24.4. The summed E-state index contributed by atoms with van der Waals surface area (Å²) in [6.45, 7) is 5.66. The zero-order valence-corrected chi connectivity index (χ0v) is 18.7. The number of ether oxygens (including phenoxy) is 1. The van der Waals surface area contributed by atoms with Crippen molar-refractivity contribution in [3.63, 3.8) is 0 Å². The van der Waals surface area contributed by atoms with Crippen LogP contribution in [-0.4, -0.2) is 45.1 Å². The molecule has 0 saturated carbocycles. The number of nitrogens with zero attached hydrogens (tertiary/aromatic N) is 3. The van der Waals surface area contributed by atoms with Crippen LogP contribution in [0.1, 0.15) is 42.1 Å². The van der Waals surface area contributed by atoms with Crippen LogP contribution in [0.2, 0.25) is 0 Å². The number of carbonyl (C=O) groups is 1. The normalized spacial score (nSPS) is 15.5. The predicted molar refractivity (Wildman–Crippen MR) is 127 cm³/mol. The van der Waals surface area contributed by atoms with Gasteiger partial charge in [-0.25, -0.2) is 9.97 Å². The molecule has 0 saturated heterocycles. The molecule has 3 aromatic rings. The lowest BCUT2D eigenvalue weighted by Crippen LogP contribution is -2.31. The van der Waals surface area contributed by atoms with Crippen LogP contribution < -0.4 is 5.32 Å². The number of carbonyl (C=O) groups excluding carboxylic acids is 1. The van der Waals surface area contributed by atoms with E-state index in [2.05, 4.69) is 10.3 Å². The molecule has 0 fully saturated rings. The Morgan fingerprint density at radius 3 is 2.36 bits per heavy atom. The first-order valence-electron chi connectivity index (χ1n) is 11.1. The summed E-state index contributed by atoms with van der Waals surface area (Å²) < 4.78 is 5.43. The summed E-state index contributed by atoms with van der Waals surface area (Å²) in [7, 11) is 0. The molecule has 168 valence electrons. The average molecular weight is 443 g/mol. The first-order valence-corrected chi connectivity index (χ1v) is 11.1. The summed E-state index contributed by atoms with van der Waals surface area (Å²) >= 11 is 0.